The molecule has 0 aliphatic heterocycles. The molecule has 0 spiro atoms. The van der Waals surface area contributed by atoms with Crippen LogP contribution >= 0.6 is 12.2 Å². The first kappa shape index (κ1) is 13.7. The summed E-state index contributed by atoms with van der Waals surface area (Å²) in [6.45, 7) is -0.187. The van der Waals surface area contributed by atoms with E-state index in [1.54, 1.807) is 0 Å². The monoisotopic (exact) mass is 271 g/mol. The second-order valence-electron chi connectivity index (χ2n) is 3.29. The Kier molecular flexibility index (Phi) is 4.07. The largest absolute Gasteiger partial charge is 0.375 e. The maximum Gasteiger partial charge on any atom is 0.274 e. The number of nitrogens with two attached hydrogens (primary N) is 2. The van der Waals surface area contributed by atoms with Crippen molar-refractivity contribution < 1.29 is 9.85 Å². The van der Waals surface area contributed by atoms with Gasteiger partial charge < -0.3 is 5.73 Å². The Balaban J connectivity index is 3.19. The van der Waals surface area contributed by atoms with E-state index in [1.165, 1.54) is 0 Å². The predicted octanol–water partition coefficient (Wildman–Crippen LogP) is 0.422. The van der Waals surface area contributed by atoms with Crippen molar-refractivity contribution in [3.05, 3.63) is 44.0 Å². The standard InChI is InChI=1S/C8H9N5O4S/c9-8(18)11(10)4-5-3-6(12(14)15)1-2-7(5)13(16)17/h1-3H,4,10H2,(H2,9,18). The first-order chi connectivity index (χ1) is 8.32. The Morgan fingerprint density at radius 3 is 2.39 bits per heavy atom. The average molecular weight is 271 g/mol. The van der Waals surface area contributed by atoms with Gasteiger partial charge in [0.25, 0.3) is 11.4 Å². The molecule has 0 heterocycles. The summed E-state index contributed by atoms with van der Waals surface area (Å²) in [5.41, 5.74) is 4.74. The Morgan fingerprint density at radius 1 is 1.33 bits per heavy atom. The minimum absolute atomic E-state index is 0.0597. The number of hydrazine groups is 1. The summed E-state index contributed by atoms with van der Waals surface area (Å²) in [7, 11) is 0. The van der Waals surface area contributed by atoms with Gasteiger partial charge in [0.2, 0.25) is 0 Å². The SMILES string of the molecule is NC(=S)N(N)Cc1cc([N+](=O)[O-])ccc1[N+](=O)[O-]. The highest BCUT2D eigenvalue weighted by atomic mass is 32.1. The number of nitrogens with zero attached hydrogens (tertiary/aromatic N) is 3. The van der Waals surface area contributed by atoms with Gasteiger partial charge in [-0.1, -0.05) is 0 Å². The predicted molar refractivity (Wildman–Crippen MR) is 66.3 cm³/mol. The van der Waals surface area contributed by atoms with Gasteiger partial charge in [0.1, 0.15) is 0 Å². The molecule has 1 aromatic rings. The number of nitro groups is 2. The molecule has 0 amide bonds. The lowest BCUT2D eigenvalue weighted by Gasteiger charge is -2.15. The Hall–Kier alpha value is -2.33. The molecule has 9 nitrogen and oxygen atoms in total. The molecule has 0 saturated carbocycles. The van der Waals surface area contributed by atoms with E-state index >= 15 is 0 Å². The fraction of sp³-hybridized carbons (Fsp3) is 0.125. The van der Waals surface area contributed by atoms with Gasteiger partial charge in [-0.2, -0.15) is 0 Å². The fourth-order valence-corrected chi connectivity index (χ4v) is 1.32. The molecule has 0 fully saturated rings. The van der Waals surface area contributed by atoms with Crippen molar-refractivity contribution in [2.75, 3.05) is 0 Å². The van der Waals surface area contributed by atoms with E-state index in [4.69, 9.17) is 11.6 Å². The van der Waals surface area contributed by atoms with E-state index < -0.39 is 9.85 Å². The molecule has 0 radical (unpaired) electrons. The Morgan fingerprint density at radius 2 is 1.94 bits per heavy atom. The molecule has 0 atom stereocenters. The minimum atomic E-state index is -0.660. The van der Waals surface area contributed by atoms with Crippen LogP contribution < -0.4 is 11.6 Å². The molecule has 0 saturated heterocycles. The van der Waals surface area contributed by atoms with E-state index in [2.05, 4.69) is 12.2 Å². The van der Waals surface area contributed by atoms with Gasteiger partial charge in [-0.05, 0) is 12.2 Å². The first-order valence-electron chi connectivity index (χ1n) is 4.56. The fourth-order valence-electron chi connectivity index (χ4n) is 1.25. The van der Waals surface area contributed by atoms with Gasteiger partial charge in [0, 0.05) is 18.2 Å². The third-order valence-corrected chi connectivity index (χ3v) is 2.33. The smallest absolute Gasteiger partial charge is 0.274 e. The lowest BCUT2D eigenvalue weighted by Crippen LogP contribution is -2.40. The molecule has 0 aliphatic rings. The van der Waals surface area contributed by atoms with Crippen LogP contribution in [0.2, 0.25) is 0 Å². The second-order valence-corrected chi connectivity index (χ2v) is 3.71. The highest BCUT2D eigenvalue weighted by Crippen LogP contribution is 2.24. The van der Waals surface area contributed by atoms with Crippen LogP contribution in [0.15, 0.2) is 18.2 Å². The zero-order valence-electron chi connectivity index (χ0n) is 8.98. The maximum atomic E-state index is 10.8. The molecule has 0 aromatic heterocycles. The van der Waals surface area contributed by atoms with Crippen LogP contribution in [0.4, 0.5) is 11.4 Å². The lowest BCUT2D eigenvalue weighted by atomic mass is 10.1. The molecular weight excluding hydrogens is 262 g/mol. The van der Waals surface area contributed by atoms with Gasteiger partial charge in [0.05, 0.1) is 22.0 Å². The number of benzene rings is 1. The topological polar surface area (TPSA) is 142 Å². The van der Waals surface area contributed by atoms with Gasteiger partial charge in [-0.25, -0.2) is 5.84 Å². The van der Waals surface area contributed by atoms with E-state index in [9.17, 15) is 20.2 Å². The molecule has 18 heavy (non-hydrogen) atoms. The van der Waals surface area contributed by atoms with Crippen molar-refractivity contribution in [3.8, 4) is 0 Å². The number of hydrogen-bond acceptors (Lipinski definition) is 6. The number of rotatable bonds is 4. The summed E-state index contributed by atoms with van der Waals surface area (Å²) in [5, 5.41) is 22.1. The van der Waals surface area contributed by atoms with Crippen LogP contribution in [-0.2, 0) is 6.54 Å². The Bertz CT molecular complexity index is 520. The number of non-ortho nitro benzene ring substituents is 1. The molecule has 1 aromatic carbocycles. The second kappa shape index (κ2) is 5.33. The average Bonchev–Trinajstić information content (AvgIpc) is 2.28. The summed E-state index contributed by atoms with van der Waals surface area (Å²) in [4.78, 5) is 20.0. The number of nitro benzene ring substituents is 2. The molecular formula is C8H9N5O4S. The molecule has 0 aliphatic carbocycles. The molecule has 4 N–H and O–H groups in total. The van der Waals surface area contributed by atoms with Crippen LogP contribution in [0.25, 0.3) is 0 Å². The van der Waals surface area contributed by atoms with Gasteiger partial charge in [0.15, 0.2) is 5.11 Å². The molecule has 96 valence electrons. The third kappa shape index (κ3) is 3.09. The van der Waals surface area contributed by atoms with Crippen LogP contribution in [0.3, 0.4) is 0 Å². The molecule has 10 heteroatoms. The number of thiocarbonyl (C=S) groups is 1. The summed E-state index contributed by atoms with van der Waals surface area (Å²) >= 11 is 4.59. The van der Waals surface area contributed by atoms with E-state index in [-0.39, 0.29) is 28.6 Å². The van der Waals surface area contributed by atoms with Crippen LogP contribution in [0.5, 0.6) is 0 Å². The van der Waals surface area contributed by atoms with Crippen molar-refractivity contribution in [2.24, 2.45) is 11.6 Å². The minimum Gasteiger partial charge on any atom is -0.375 e. The van der Waals surface area contributed by atoms with Gasteiger partial charge in [-0.15, -0.1) is 0 Å². The zero-order valence-corrected chi connectivity index (χ0v) is 9.79. The lowest BCUT2D eigenvalue weighted by molar-refractivity contribution is -0.389. The highest BCUT2D eigenvalue weighted by Gasteiger charge is 2.19. The molecule has 0 bridgehead atoms. The van der Waals surface area contributed by atoms with Crippen LogP contribution in [0, 0.1) is 20.2 Å². The quantitative estimate of drug-likeness (QED) is 0.347. The third-order valence-electron chi connectivity index (χ3n) is 2.09. The zero-order chi connectivity index (χ0) is 13.9. The summed E-state index contributed by atoms with van der Waals surface area (Å²) in [6, 6.07) is 3.15. The van der Waals surface area contributed by atoms with E-state index in [0.717, 1.165) is 23.2 Å². The van der Waals surface area contributed by atoms with Gasteiger partial charge in [-0.3, -0.25) is 25.2 Å². The molecule has 1 rings (SSSR count). The van der Waals surface area contributed by atoms with E-state index in [0.29, 0.717) is 0 Å². The molecule has 0 unspecified atom stereocenters. The van der Waals surface area contributed by atoms with Gasteiger partial charge >= 0.3 is 0 Å². The highest BCUT2D eigenvalue weighted by molar-refractivity contribution is 7.80. The van der Waals surface area contributed by atoms with Crippen LogP contribution in [-0.4, -0.2) is 20.0 Å². The van der Waals surface area contributed by atoms with Crippen molar-refractivity contribution in [3.63, 3.8) is 0 Å². The van der Waals surface area contributed by atoms with Crippen LogP contribution in [0.1, 0.15) is 5.56 Å². The normalized spacial score (nSPS) is 9.83. The summed E-state index contributed by atoms with van der Waals surface area (Å²) in [6.07, 6.45) is 0. The summed E-state index contributed by atoms with van der Waals surface area (Å²) in [5.74, 6) is 5.42. The summed E-state index contributed by atoms with van der Waals surface area (Å²) < 4.78 is 0. The van der Waals surface area contributed by atoms with Crippen molar-refractivity contribution in [2.45, 2.75) is 6.54 Å². The Labute approximate surface area is 106 Å². The first-order valence-corrected chi connectivity index (χ1v) is 4.97. The van der Waals surface area contributed by atoms with Crippen molar-refractivity contribution >= 4 is 28.7 Å². The van der Waals surface area contributed by atoms with Crippen molar-refractivity contribution in [1.82, 2.24) is 5.01 Å². The van der Waals surface area contributed by atoms with E-state index in [1.807, 2.05) is 0 Å². The number of hydrogen-bond donors (Lipinski definition) is 2. The van der Waals surface area contributed by atoms with Crippen molar-refractivity contribution in [1.29, 1.82) is 0 Å². The maximum absolute atomic E-state index is 10.8.